The van der Waals surface area contributed by atoms with Gasteiger partial charge in [0.1, 0.15) is 0 Å². The number of hydrogen-bond acceptors (Lipinski definition) is 5. The van der Waals surface area contributed by atoms with Gasteiger partial charge in [-0.2, -0.15) is 0 Å². The molecule has 3 atom stereocenters. The maximum atomic E-state index is 5.58. The van der Waals surface area contributed by atoms with E-state index >= 15 is 0 Å². The summed E-state index contributed by atoms with van der Waals surface area (Å²) in [6.07, 6.45) is 2.19. The molecular weight excluding hydrogens is 232 g/mol. The molecule has 18 heavy (non-hydrogen) atoms. The number of hydrogen-bond donors (Lipinski definition) is 2. The normalized spacial score (nSPS) is 16.5. The van der Waals surface area contributed by atoms with Gasteiger partial charge in [-0.25, -0.2) is 0 Å². The Morgan fingerprint density at radius 1 is 0.889 bits per heavy atom. The molecule has 0 spiro atoms. The van der Waals surface area contributed by atoms with E-state index in [1.54, 1.807) is 0 Å². The number of nitrogens with two attached hydrogens (primary N) is 2. The molecule has 110 valence electrons. The lowest BCUT2D eigenvalue weighted by molar-refractivity contribution is -0.0390. The molecule has 0 saturated carbocycles. The first-order chi connectivity index (χ1) is 8.56. The van der Waals surface area contributed by atoms with Gasteiger partial charge in [-0.1, -0.05) is 0 Å². The van der Waals surface area contributed by atoms with E-state index in [0.29, 0.717) is 19.8 Å². The Kier molecular flexibility index (Phi) is 11.7. The molecule has 0 aromatic rings. The van der Waals surface area contributed by atoms with Crippen LogP contribution < -0.4 is 11.5 Å². The summed E-state index contributed by atoms with van der Waals surface area (Å²) in [5, 5.41) is 0. The van der Waals surface area contributed by atoms with Gasteiger partial charge < -0.3 is 25.7 Å². The number of rotatable bonds is 12. The van der Waals surface area contributed by atoms with Crippen LogP contribution in [0.1, 0.15) is 33.6 Å². The standard InChI is InChI=1S/C13H30N2O3/c1-11(15)9-16-6-4-5-7-17-10-13(3)18-12(2)8-14/h11-13H,4-10,14-15H2,1-3H3. The largest absolute Gasteiger partial charge is 0.380 e. The van der Waals surface area contributed by atoms with Crippen LogP contribution in [0.4, 0.5) is 0 Å². The van der Waals surface area contributed by atoms with Gasteiger partial charge >= 0.3 is 0 Å². The van der Waals surface area contributed by atoms with Gasteiger partial charge in [0.05, 0.1) is 25.4 Å². The smallest absolute Gasteiger partial charge is 0.0784 e. The van der Waals surface area contributed by atoms with Gasteiger partial charge in [-0.3, -0.25) is 0 Å². The van der Waals surface area contributed by atoms with Crippen LogP contribution in [0.15, 0.2) is 0 Å². The lowest BCUT2D eigenvalue weighted by Crippen LogP contribution is -2.27. The second kappa shape index (κ2) is 11.9. The van der Waals surface area contributed by atoms with Gasteiger partial charge in [-0.15, -0.1) is 0 Å². The van der Waals surface area contributed by atoms with Crippen molar-refractivity contribution in [3.8, 4) is 0 Å². The van der Waals surface area contributed by atoms with Crippen molar-refractivity contribution in [2.45, 2.75) is 51.9 Å². The fourth-order valence-electron chi connectivity index (χ4n) is 1.42. The third-order valence-electron chi connectivity index (χ3n) is 2.36. The van der Waals surface area contributed by atoms with Crippen LogP contribution >= 0.6 is 0 Å². The molecule has 0 fully saturated rings. The Morgan fingerprint density at radius 2 is 1.44 bits per heavy atom. The molecule has 3 unspecified atom stereocenters. The highest BCUT2D eigenvalue weighted by molar-refractivity contribution is 4.55. The van der Waals surface area contributed by atoms with Crippen molar-refractivity contribution in [1.82, 2.24) is 0 Å². The predicted octanol–water partition coefficient (Wildman–Crippen LogP) is 0.899. The average Bonchev–Trinajstić information content (AvgIpc) is 2.31. The Labute approximate surface area is 111 Å². The maximum Gasteiger partial charge on any atom is 0.0784 e. The van der Waals surface area contributed by atoms with Crippen molar-refractivity contribution in [2.24, 2.45) is 11.5 Å². The minimum absolute atomic E-state index is 0.0928. The molecule has 0 radical (unpaired) electrons. The summed E-state index contributed by atoms with van der Waals surface area (Å²) in [6, 6.07) is 0.115. The monoisotopic (exact) mass is 262 g/mol. The lowest BCUT2D eigenvalue weighted by atomic mass is 10.3. The first-order valence-corrected chi connectivity index (χ1v) is 6.82. The second-order valence-electron chi connectivity index (χ2n) is 4.83. The van der Waals surface area contributed by atoms with Crippen LogP contribution in [0.25, 0.3) is 0 Å². The van der Waals surface area contributed by atoms with E-state index in [1.807, 2.05) is 20.8 Å². The molecule has 0 amide bonds. The summed E-state index contributed by atoms with van der Waals surface area (Å²) in [4.78, 5) is 0. The molecule has 5 heteroatoms. The van der Waals surface area contributed by atoms with Crippen molar-refractivity contribution in [3.05, 3.63) is 0 Å². The Hall–Kier alpha value is -0.200. The molecule has 0 saturated heterocycles. The zero-order valence-corrected chi connectivity index (χ0v) is 12.1. The van der Waals surface area contributed by atoms with Crippen LogP contribution in [0.3, 0.4) is 0 Å². The van der Waals surface area contributed by atoms with Gasteiger partial charge in [-0.05, 0) is 33.6 Å². The molecule has 0 aliphatic heterocycles. The summed E-state index contributed by atoms with van der Waals surface area (Å²) < 4.78 is 16.5. The highest BCUT2D eigenvalue weighted by Crippen LogP contribution is 1.99. The first kappa shape index (κ1) is 17.8. The molecular formula is C13H30N2O3. The summed E-state index contributed by atoms with van der Waals surface area (Å²) >= 11 is 0. The van der Waals surface area contributed by atoms with E-state index in [2.05, 4.69) is 0 Å². The van der Waals surface area contributed by atoms with Crippen molar-refractivity contribution in [2.75, 3.05) is 33.0 Å². The maximum absolute atomic E-state index is 5.58. The van der Waals surface area contributed by atoms with Gasteiger partial charge in [0.25, 0.3) is 0 Å². The molecule has 4 N–H and O–H groups in total. The fraction of sp³-hybridized carbons (Fsp3) is 1.00. The third kappa shape index (κ3) is 12.3. The average molecular weight is 262 g/mol. The van der Waals surface area contributed by atoms with E-state index in [-0.39, 0.29) is 18.2 Å². The van der Waals surface area contributed by atoms with E-state index in [1.165, 1.54) is 0 Å². The van der Waals surface area contributed by atoms with E-state index in [0.717, 1.165) is 26.1 Å². The summed E-state index contributed by atoms with van der Waals surface area (Å²) in [7, 11) is 0. The van der Waals surface area contributed by atoms with Crippen LogP contribution in [0.2, 0.25) is 0 Å². The summed E-state index contributed by atoms with van der Waals surface area (Å²) in [5.41, 5.74) is 11.0. The Morgan fingerprint density at radius 3 is 1.94 bits per heavy atom. The molecule has 0 bridgehead atoms. The lowest BCUT2D eigenvalue weighted by Gasteiger charge is -2.17. The van der Waals surface area contributed by atoms with Crippen LogP contribution in [-0.2, 0) is 14.2 Å². The SMILES string of the molecule is CC(N)COCCCCOCC(C)OC(C)CN. The van der Waals surface area contributed by atoms with Gasteiger partial charge in [0, 0.05) is 25.8 Å². The summed E-state index contributed by atoms with van der Waals surface area (Å²) in [6.45, 7) is 9.18. The van der Waals surface area contributed by atoms with Crippen LogP contribution in [0.5, 0.6) is 0 Å². The Balaban J connectivity index is 3.20. The highest BCUT2D eigenvalue weighted by atomic mass is 16.5. The molecule has 0 rings (SSSR count). The quantitative estimate of drug-likeness (QED) is 0.511. The van der Waals surface area contributed by atoms with E-state index in [9.17, 15) is 0 Å². The van der Waals surface area contributed by atoms with Crippen LogP contribution in [0, 0.1) is 0 Å². The van der Waals surface area contributed by atoms with Crippen LogP contribution in [-0.4, -0.2) is 51.2 Å². The van der Waals surface area contributed by atoms with Gasteiger partial charge in [0.15, 0.2) is 0 Å². The molecule has 0 aromatic carbocycles. The van der Waals surface area contributed by atoms with Crippen molar-refractivity contribution in [1.29, 1.82) is 0 Å². The fourth-order valence-corrected chi connectivity index (χ4v) is 1.42. The molecule has 0 aliphatic rings. The molecule has 5 nitrogen and oxygen atoms in total. The second-order valence-corrected chi connectivity index (χ2v) is 4.83. The predicted molar refractivity (Wildman–Crippen MR) is 73.6 cm³/mol. The minimum Gasteiger partial charge on any atom is -0.380 e. The van der Waals surface area contributed by atoms with Crippen molar-refractivity contribution < 1.29 is 14.2 Å². The van der Waals surface area contributed by atoms with E-state index < -0.39 is 0 Å². The van der Waals surface area contributed by atoms with E-state index in [4.69, 9.17) is 25.7 Å². The molecule has 0 aliphatic carbocycles. The van der Waals surface area contributed by atoms with Gasteiger partial charge in [0.2, 0.25) is 0 Å². The van der Waals surface area contributed by atoms with Crippen molar-refractivity contribution >= 4 is 0 Å². The number of unbranched alkanes of at least 4 members (excludes halogenated alkanes) is 1. The zero-order valence-electron chi connectivity index (χ0n) is 12.1. The zero-order chi connectivity index (χ0) is 13.8. The molecule has 0 aromatic heterocycles. The molecule has 0 heterocycles. The van der Waals surface area contributed by atoms with Crippen molar-refractivity contribution in [3.63, 3.8) is 0 Å². The summed E-state index contributed by atoms with van der Waals surface area (Å²) in [5.74, 6) is 0. The number of ether oxygens (including phenoxy) is 3. The first-order valence-electron chi connectivity index (χ1n) is 6.82. The Bertz CT molecular complexity index is 180. The third-order valence-corrected chi connectivity index (χ3v) is 2.36. The minimum atomic E-state index is 0.0928. The topological polar surface area (TPSA) is 79.7 Å². The highest BCUT2D eigenvalue weighted by Gasteiger charge is 2.06.